The van der Waals surface area contributed by atoms with Crippen LogP contribution in [0.25, 0.3) is 16.9 Å². The van der Waals surface area contributed by atoms with E-state index in [1.165, 1.54) is 11.3 Å². The van der Waals surface area contributed by atoms with Gasteiger partial charge in [0.15, 0.2) is 15.5 Å². The number of fused-ring (bicyclic) bond motifs is 1. The molecule has 2 aliphatic rings. The van der Waals surface area contributed by atoms with Gasteiger partial charge in [-0.3, -0.25) is 4.90 Å². The minimum atomic E-state index is -2.86. The summed E-state index contributed by atoms with van der Waals surface area (Å²) in [7, 11) is -0.696. The molecule has 198 valence electrons. The summed E-state index contributed by atoms with van der Waals surface area (Å²) < 4.78 is 25.3. The van der Waals surface area contributed by atoms with Crippen molar-refractivity contribution in [2.75, 3.05) is 68.0 Å². The van der Waals surface area contributed by atoms with Gasteiger partial charge in [0, 0.05) is 62.8 Å². The minimum Gasteiger partial charge on any atom is -0.369 e. The molecule has 2 aromatic carbocycles. The van der Waals surface area contributed by atoms with Crippen LogP contribution >= 0.6 is 0 Å². The molecule has 10 heteroatoms. The smallest absolute Gasteiger partial charge is 0.247 e. The van der Waals surface area contributed by atoms with Crippen molar-refractivity contribution in [2.45, 2.75) is 6.54 Å². The summed E-state index contributed by atoms with van der Waals surface area (Å²) in [5.41, 5.74) is 6.15. The standard InChI is InChI=1S/C28H33N7O2S/c1-32-13-15-34(16-14-32)25-11-9-24(10-12-25)29-28-30-27-4-2-3-26(35(27)31-28)23-7-5-22(6-8-23)21-33-17-19-38(36,37)20-18-33/h2-12H,13-21H2,1H3,(H,29,31). The van der Waals surface area contributed by atoms with Crippen LogP contribution in [0.5, 0.6) is 0 Å². The molecule has 1 N–H and O–H groups in total. The van der Waals surface area contributed by atoms with Gasteiger partial charge >= 0.3 is 0 Å². The highest BCUT2D eigenvalue weighted by atomic mass is 32.2. The predicted molar refractivity (Wildman–Crippen MR) is 152 cm³/mol. The van der Waals surface area contributed by atoms with Gasteiger partial charge < -0.3 is 15.1 Å². The Kier molecular flexibility index (Phi) is 6.77. The number of hydrogen-bond acceptors (Lipinski definition) is 8. The molecule has 2 aromatic heterocycles. The van der Waals surface area contributed by atoms with E-state index in [1.807, 2.05) is 22.7 Å². The van der Waals surface area contributed by atoms with Crippen molar-refractivity contribution in [3.8, 4) is 11.3 Å². The fourth-order valence-electron chi connectivity index (χ4n) is 5.07. The van der Waals surface area contributed by atoms with Crippen LogP contribution in [0.4, 0.5) is 17.3 Å². The molecule has 6 rings (SSSR count). The third-order valence-electron chi connectivity index (χ3n) is 7.44. The van der Waals surface area contributed by atoms with Crippen LogP contribution in [-0.4, -0.2) is 90.6 Å². The number of likely N-dealkylation sites (N-methyl/N-ethyl adjacent to an activating group) is 1. The molecule has 0 unspecified atom stereocenters. The first kappa shape index (κ1) is 24.8. The van der Waals surface area contributed by atoms with Crippen molar-refractivity contribution in [3.63, 3.8) is 0 Å². The molecule has 0 amide bonds. The largest absolute Gasteiger partial charge is 0.369 e. The van der Waals surface area contributed by atoms with E-state index in [0.717, 1.165) is 55.3 Å². The number of anilines is 3. The maximum atomic E-state index is 11.7. The van der Waals surface area contributed by atoms with Crippen LogP contribution in [0.15, 0.2) is 66.7 Å². The Morgan fingerprint density at radius 3 is 2.26 bits per heavy atom. The number of nitrogens with zero attached hydrogens (tertiary/aromatic N) is 6. The Morgan fingerprint density at radius 2 is 1.55 bits per heavy atom. The zero-order chi connectivity index (χ0) is 26.1. The molecule has 2 fully saturated rings. The second-order valence-corrected chi connectivity index (χ2v) is 12.5. The van der Waals surface area contributed by atoms with Gasteiger partial charge in [-0.15, -0.1) is 5.10 Å². The third kappa shape index (κ3) is 5.52. The quantitative estimate of drug-likeness (QED) is 0.406. The molecule has 0 saturated carbocycles. The van der Waals surface area contributed by atoms with Gasteiger partial charge in [0.25, 0.3) is 0 Å². The van der Waals surface area contributed by atoms with E-state index in [9.17, 15) is 8.42 Å². The number of benzene rings is 2. The summed E-state index contributed by atoms with van der Waals surface area (Å²) in [4.78, 5) is 11.7. The van der Waals surface area contributed by atoms with Crippen LogP contribution < -0.4 is 10.2 Å². The molecule has 4 aromatic rings. The molecule has 4 heterocycles. The molecule has 0 spiro atoms. The second kappa shape index (κ2) is 10.4. The molecule has 2 saturated heterocycles. The summed E-state index contributed by atoms with van der Waals surface area (Å²) >= 11 is 0. The lowest BCUT2D eigenvalue weighted by atomic mass is 10.1. The lowest BCUT2D eigenvalue weighted by molar-refractivity contribution is 0.287. The number of nitrogens with one attached hydrogen (secondary N) is 1. The van der Waals surface area contributed by atoms with E-state index in [4.69, 9.17) is 10.1 Å². The number of pyridine rings is 1. The van der Waals surface area contributed by atoms with Crippen molar-refractivity contribution in [3.05, 3.63) is 72.3 Å². The Morgan fingerprint density at radius 1 is 0.842 bits per heavy atom. The molecule has 0 aliphatic carbocycles. The number of aromatic nitrogens is 3. The topological polar surface area (TPSA) is 86.1 Å². The Balaban J connectivity index is 1.15. The van der Waals surface area contributed by atoms with E-state index in [2.05, 4.69) is 75.6 Å². The van der Waals surface area contributed by atoms with Crippen LogP contribution in [0, 0.1) is 0 Å². The first-order chi connectivity index (χ1) is 18.4. The van der Waals surface area contributed by atoms with Crippen molar-refractivity contribution < 1.29 is 8.42 Å². The Bertz CT molecular complexity index is 1500. The van der Waals surface area contributed by atoms with Gasteiger partial charge in [0.2, 0.25) is 5.95 Å². The monoisotopic (exact) mass is 531 g/mol. The summed E-state index contributed by atoms with van der Waals surface area (Å²) in [6, 6.07) is 22.9. The van der Waals surface area contributed by atoms with E-state index >= 15 is 0 Å². The van der Waals surface area contributed by atoms with E-state index in [-0.39, 0.29) is 11.5 Å². The summed E-state index contributed by atoms with van der Waals surface area (Å²) in [6.45, 7) is 6.20. The van der Waals surface area contributed by atoms with Crippen molar-refractivity contribution >= 4 is 32.8 Å². The van der Waals surface area contributed by atoms with Gasteiger partial charge in [0.1, 0.15) is 0 Å². The van der Waals surface area contributed by atoms with Gasteiger partial charge in [-0.25, -0.2) is 12.9 Å². The van der Waals surface area contributed by atoms with E-state index < -0.39 is 9.84 Å². The third-order valence-corrected chi connectivity index (χ3v) is 9.05. The van der Waals surface area contributed by atoms with Gasteiger partial charge in [-0.05, 0) is 49.0 Å². The Hall–Kier alpha value is -3.47. The second-order valence-electron chi connectivity index (χ2n) is 10.2. The summed E-state index contributed by atoms with van der Waals surface area (Å²) in [5, 5.41) is 8.10. The first-order valence-electron chi connectivity index (χ1n) is 13.1. The predicted octanol–water partition coefficient (Wildman–Crippen LogP) is 3.12. The molecule has 0 atom stereocenters. The maximum Gasteiger partial charge on any atom is 0.247 e. The fourth-order valence-corrected chi connectivity index (χ4v) is 6.35. The highest BCUT2D eigenvalue weighted by Crippen LogP contribution is 2.24. The highest BCUT2D eigenvalue weighted by Gasteiger charge is 2.21. The number of rotatable bonds is 6. The number of hydrogen-bond donors (Lipinski definition) is 1. The molecular weight excluding hydrogens is 498 g/mol. The van der Waals surface area contributed by atoms with Crippen LogP contribution in [0.2, 0.25) is 0 Å². The minimum absolute atomic E-state index is 0.246. The summed E-state index contributed by atoms with van der Waals surface area (Å²) in [6.07, 6.45) is 0. The van der Waals surface area contributed by atoms with Gasteiger partial charge in [-0.1, -0.05) is 30.3 Å². The van der Waals surface area contributed by atoms with Crippen LogP contribution in [-0.2, 0) is 16.4 Å². The van der Waals surface area contributed by atoms with Crippen LogP contribution in [0.1, 0.15) is 5.56 Å². The number of sulfone groups is 1. The van der Waals surface area contributed by atoms with Gasteiger partial charge in [-0.2, -0.15) is 4.98 Å². The van der Waals surface area contributed by atoms with E-state index in [0.29, 0.717) is 19.0 Å². The average molecular weight is 532 g/mol. The average Bonchev–Trinajstić information content (AvgIpc) is 3.34. The normalized spacial score (nSPS) is 18.6. The zero-order valence-electron chi connectivity index (χ0n) is 21.6. The number of piperazine rings is 1. The molecule has 38 heavy (non-hydrogen) atoms. The molecule has 0 bridgehead atoms. The van der Waals surface area contributed by atoms with E-state index in [1.54, 1.807) is 0 Å². The molecule has 0 radical (unpaired) electrons. The Labute approximate surface area is 223 Å². The molecular formula is C28H33N7O2S. The first-order valence-corrected chi connectivity index (χ1v) is 14.9. The zero-order valence-corrected chi connectivity index (χ0v) is 22.4. The fraction of sp³-hybridized carbons (Fsp3) is 0.357. The molecule has 9 nitrogen and oxygen atoms in total. The van der Waals surface area contributed by atoms with Gasteiger partial charge in [0.05, 0.1) is 17.2 Å². The summed E-state index contributed by atoms with van der Waals surface area (Å²) in [5.74, 6) is 1.05. The van der Waals surface area contributed by atoms with Crippen molar-refractivity contribution in [1.82, 2.24) is 24.4 Å². The lowest BCUT2D eigenvalue weighted by Crippen LogP contribution is -2.44. The lowest BCUT2D eigenvalue weighted by Gasteiger charge is -2.34. The van der Waals surface area contributed by atoms with Crippen molar-refractivity contribution in [1.29, 1.82) is 0 Å². The molecule has 2 aliphatic heterocycles. The SMILES string of the molecule is CN1CCN(c2ccc(Nc3nc4cccc(-c5ccc(CN6CCS(=O)(=O)CC6)cc5)n4n3)cc2)CC1. The highest BCUT2D eigenvalue weighted by molar-refractivity contribution is 7.91. The van der Waals surface area contributed by atoms with Crippen LogP contribution in [0.3, 0.4) is 0 Å². The maximum absolute atomic E-state index is 11.7. The van der Waals surface area contributed by atoms with Crippen molar-refractivity contribution in [2.24, 2.45) is 0 Å².